The van der Waals surface area contributed by atoms with Crippen LogP contribution in [0.4, 0.5) is 5.69 Å². The summed E-state index contributed by atoms with van der Waals surface area (Å²) in [5, 5.41) is 2.78. The highest BCUT2D eigenvalue weighted by molar-refractivity contribution is 7.86. The van der Waals surface area contributed by atoms with E-state index in [4.69, 9.17) is 4.18 Å². The first kappa shape index (κ1) is 28.7. The second kappa shape index (κ2) is 14.2. The molecule has 0 saturated heterocycles. The number of hydrogen-bond donors (Lipinski definition) is 1. The van der Waals surface area contributed by atoms with Gasteiger partial charge in [-0.05, 0) is 62.4 Å². The number of carbonyl (C=O) groups excluding carboxylic acids is 1. The van der Waals surface area contributed by atoms with E-state index in [2.05, 4.69) is 12.2 Å². The van der Waals surface area contributed by atoms with Crippen LogP contribution in [0, 0.1) is 6.92 Å². The minimum Gasteiger partial charge on any atom is -0.333 e. The first-order valence-corrected chi connectivity index (χ1v) is 14.8. The van der Waals surface area contributed by atoms with Crippen molar-refractivity contribution in [1.29, 1.82) is 0 Å². The van der Waals surface area contributed by atoms with Crippen LogP contribution in [0.25, 0.3) is 0 Å². The Morgan fingerprint density at radius 2 is 1.46 bits per heavy atom. The van der Waals surface area contributed by atoms with Crippen LogP contribution >= 0.6 is 0 Å². The van der Waals surface area contributed by atoms with E-state index in [1.165, 1.54) is 31.7 Å². The summed E-state index contributed by atoms with van der Waals surface area (Å²) in [7, 11) is -3.91. The molecule has 1 aliphatic rings. The van der Waals surface area contributed by atoms with Gasteiger partial charge >= 0.3 is 0 Å². The van der Waals surface area contributed by atoms with Crippen molar-refractivity contribution in [1.82, 2.24) is 9.80 Å². The van der Waals surface area contributed by atoms with E-state index in [0.29, 0.717) is 6.54 Å². The number of amides is 1. The summed E-state index contributed by atoms with van der Waals surface area (Å²) in [4.78, 5) is 15.4. The fraction of sp³-hybridized carbons (Fsp3) is 0.483. The smallest absolute Gasteiger partial charge is 0.300 e. The van der Waals surface area contributed by atoms with Crippen LogP contribution in [-0.2, 0) is 25.5 Å². The molecular formula is C29H41N3O4S. The molecule has 0 radical (unpaired) electrons. The van der Waals surface area contributed by atoms with E-state index < -0.39 is 16.5 Å². The van der Waals surface area contributed by atoms with Crippen LogP contribution < -0.4 is 5.32 Å². The minimum atomic E-state index is -3.91. The van der Waals surface area contributed by atoms with Crippen LogP contribution in [-0.4, -0.2) is 43.6 Å². The molecule has 0 fully saturated rings. The van der Waals surface area contributed by atoms with Gasteiger partial charge in [0.05, 0.1) is 4.90 Å². The van der Waals surface area contributed by atoms with Gasteiger partial charge in [-0.15, -0.1) is 0 Å². The number of rotatable bonds is 15. The fourth-order valence-electron chi connectivity index (χ4n) is 4.34. The predicted molar refractivity (Wildman–Crippen MR) is 148 cm³/mol. The number of hydrogen-bond acceptors (Lipinski definition) is 6. The van der Waals surface area contributed by atoms with Gasteiger partial charge in [0.15, 0.2) is 0 Å². The minimum absolute atomic E-state index is 0.0809. The Morgan fingerprint density at radius 1 is 0.865 bits per heavy atom. The normalized spacial score (nSPS) is 15.4. The molecule has 0 aliphatic carbocycles. The zero-order chi connectivity index (χ0) is 26.7. The van der Waals surface area contributed by atoms with Gasteiger partial charge < -0.3 is 15.1 Å². The molecule has 8 heteroatoms. The van der Waals surface area contributed by atoms with Crippen molar-refractivity contribution in [3.05, 3.63) is 72.1 Å². The molecule has 0 bridgehead atoms. The van der Waals surface area contributed by atoms with E-state index in [9.17, 15) is 13.2 Å². The Labute approximate surface area is 222 Å². The molecule has 1 unspecified atom stereocenters. The number of anilines is 1. The van der Waals surface area contributed by atoms with E-state index >= 15 is 0 Å². The predicted octanol–water partition coefficient (Wildman–Crippen LogP) is 6.02. The molecule has 1 N–H and O–H groups in total. The van der Waals surface area contributed by atoms with Crippen LogP contribution in [0.2, 0.25) is 0 Å². The number of nitrogens with one attached hydrogen (secondary N) is 1. The monoisotopic (exact) mass is 527 g/mol. The van der Waals surface area contributed by atoms with Crippen LogP contribution in [0.1, 0.15) is 69.9 Å². The number of benzene rings is 2. The molecule has 1 aliphatic heterocycles. The Morgan fingerprint density at radius 3 is 2.05 bits per heavy atom. The molecule has 1 atom stereocenters. The Balaban J connectivity index is 1.57. The highest BCUT2D eigenvalue weighted by Gasteiger charge is 2.32. The Bertz CT molecular complexity index is 1110. The molecule has 0 saturated carbocycles. The average molecular weight is 528 g/mol. The van der Waals surface area contributed by atoms with Gasteiger partial charge in [-0.3, -0.25) is 4.79 Å². The van der Waals surface area contributed by atoms with Gasteiger partial charge in [0, 0.05) is 38.1 Å². The third-order valence-corrected chi connectivity index (χ3v) is 7.74. The molecule has 1 heterocycles. The number of unbranched alkanes of at least 4 members (excludes halogenated alkanes) is 5. The first-order chi connectivity index (χ1) is 17.8. The van der Waals surface area contributed by atoms with Crippen molar-refractivity contribution in [3.63, 3.8) is 0 Å². The maximum atomic E-state index is 13.1. The highest BCUT2D eigenvalue weighted by Crippen LogP contribution is 2.24. The van der Waals surface area contributed by atoms with Crippen molar-refractivity contribution in [2.75, 3.05) is 18.4 Å². The zero-order valence-electron chi connectivity index (χ0n) is 22.4. The fourth-order valence-corrected chi connectivity index (χ4v) is 5.37. The maximum Gasteiger partial charge on any atom is 0.300 e. The molecule has 7 nitrogen and oxygen atoms in total. The van der Waals surface area contributed by atoms with Crippen molar-refractivity contribution < 1.29 is 17.4 Å². The third-order valence-electron chi connectivity index (χ3n) is 6.47. The number of nitrogens with zero attached hydrogens (tertiary/aromatic N) is 2. The van der Waals surface area contributed by atoms with E-state index in [-0.39, 0.29) is 10.8 Å². The van der Waals surface area contributed by atoms with Gasteiger partial charge in [0.2, 0.25) is 12.3 Å². The van der Waals surface area contributed by atoms with E-state index in [0.717, 1.165) is 49.9 Å². The maximum absolute atomic E-state index is 13.1. The SMILES string of the molecule is CCCCCCCN1C=CN(CCCCc2ccc(NC(C)=O)cc2)C1OS(=O)(=O)c1ccc(C)cc1. The lowest BCUT2D eigenvalue weighted by Crippen LogP contribution is -2.43. The second-order valence-electron chi connectivity index (χ2n) is 9.71. The molecule has 202 valence electrons. The van der Waals surface area contributed by atoms with Crippen molar-refractivity contribution in [2.45, 2.75) is 83.4 Å². The van der Waals surface area contributed by atoms with Gasteiger partial charge in [-0.25, -0.2) is 4.18 Å². The van der Waals surface area contributed by atoms with Crippen LogP contribution in [0.15, 0.2) is 65.8 Å². The average Bonchev–Trinajstić information content (AvgIpc) is 3.23. The summed E-state index contributed by atoms with van der Waals surface area (Å²) in [6, 6.07) is 14.7. The lowest BCUT2D eigenvalue weighted by Gasteiger charge is -2.31. The Kier molecular flexibility index (Phi) is 11.0. The summed E-state index contributed by atoms with van der Waals surface area (Å²) in [5.41, 5.74) is 3.00. The van der Waals surface area contributed by atoms with Crippen molar-refractivity contribution in [2.24, 2.45) is 0 Å². The number of aryl methyl sites for hydroxylation is 2. The van der Waals surface area contributed by atoms with Gasteiger partial charge in [0.25, 0.3) is 10.1 Å². The van der Waals surface area contributed by atoms with Crippen LogP contribution in [0.3, 0.4) is 0 Å². The van der Waals surface area contributed by atoms with Crippen molar-refractivity contribution in [3.8, 4) is 0 Å². The molecule has 3 rings (SSSR count). The highest BCUT2D eigenvalue weighted by atomic mass is 32.2. The molecule has 1 amide bonds. The summed E-state index contributed by atoms with van der Waals surface area (Å²) in [6.45, 7) is 7.07. The second-order valence-corrected chi connectivity index (χ2v) is 11.3. The lowest BCUT2D eigenvalue weighted by atomic mass is 10.1. The van der Waals surface area contributed by atoms with Gasteiger partial charge in [-0.1, -0.05) is 62.4 Å². The molecule has 0 spiro atoms. The topological polar surface area (TPSA) is 79.0 Å². The summed E-state index contributed by atoms with van der Waals surface area (Å²) >= 11 is 0. The van der Waals surface area contributed by atoms with Gasteiger partial charge in [-0.2, -0.15) is 8.42 Å². The summed E-state index contributed by atoms with van der Waals surface area (Å²) in [5.74, 6) is -0.0809. The third kappa shape index (κ3) is 9.20. The lowest BCUT2D eigenvalue weighted by molar-refractivity contribution is -0.114. The zero-order valence-corrected chi connectivity index (χ0v) is 23.2. The largest absolute Gasteiger partial charge is 0.333 e. The summed E-state index contributed by atoms with van der Waals surface area (Å²) < 4.78 is 32.0. The molecule has 0 aromatic heterocycles. The quantitative estimate of drug-likeness (QED) is 0.225. The molecule has 2 aromatic rings. The standard InChI is InChI=1S/C29H41N3O4S/c1-4-5-6-7-9-20-31-22-23-32(29(31)36-37(34,35)28-18-12-24(2)13-19-28)21-10-8-11-26-14-16-27(17-15-26)30-25(3)33/h12-19,22-23,29H,4-11,20-21H2,1-3H3,(H,30,33). The van der Waals surface area contributed by atoms with Crippen molar-refractivity contribution >= 4 is 21.7 Å². The summed E-state index contributed by atoms with van der Waals surface area (Å²) in [6.07, 6.45) is 11.7. The van der Waals surface area contributed by atoms with Crippen LogP contribution in [0.5, 0.6) is 0 Å². The van der Waals surface area contributed by atoms with E-state index in [1.807, 2.05) is 53.4 Å². The molecule has 2 aromatic carbocycles. The van der Waals surface area contributed by atoms with Gasteiger partial charge in [0.1, 0.15) is 0 Å². The number of carbonyl (C=O) groups is 1. The first-order valence-electron chi connectivity index (χ1n) is 13.3. The molecule has 37 heavy (non-hydrogen) atoms. The Hall–Kier alpha value is -2.84. The van der Waals surface area contributed by atoms with E-state index in [1.54, 1.807) is 24.3 Å². The molecular weight excluding hydrogens is 486 g/mol.